The predicted molar refractivity (Wildman–Crippen MR) is 79.4 cm³/mol. The smallest absolute Gasteiger partial charge is 0.297 e. The van der Waals surface area contributed by atoms with Gasteiger partial charge in [-0.05, 0) is 31.2 Å². The van der Waals surface area contributed by atoms with E-state index in [-0.39, 0.29) is 5.17 Å². The molecule has 7 heteroatoms. The number of hydrogen-bond donors (Lipinski definition) is 1. The zero-order chi connectivity index (χ0) is 14.5. The molecule has 106 valence electrons. The summed E-state index contributed by atoms with van der Waals surface area (Å²) in [6.45, 7) is 1.80. The van der Waals surface area contributed by atoms with E-state index < -0.39 is 6.09 Å². The molecule has 0 saturated carbocycles. The van der Waals surface area contributed by atoms with Crippen molar-refractivity contribution in [1.29, 1.82) is 5.26 Å². The minimum absolute atomic E-state index is 0.214. The van der Waals surface area contributed by atoms with Crippen LogP contribution in [-0.4, -0.2) is 11.3 Å². The summed E-state index contributed by atoms with van der Waals surface area (Å²) in [5, 5.41) is 16.0. The van der Waals surface area contributed by atoms with E-state index in [4.69, 9.17) is 11.6 Å². The summed E-state index contributed by atoms with van der Waals surface area (Å²) in [6.07, 6.45) is 3.83. The summed E-state index contributed by atoms with van der Waals surface area (Å²) in [7, 11) is 0. The van der Waals surface area contributed by atoms with Crippen LogP contribution in [0.5, 0.6) is 0 Å². The Hall–Kier alpha value is -1.58. The van der Waals surface area contributed by atoms with Crippen LogP contribution >= 0.6 is 22.9 Å². The average molecular weight is 312 g/mol. The van der Waals surface area contributed by atoms with Crippen molar-refractivity contribution in [2.24, 2.45) is 5.16 Å². The number of nitriles is 1. The van der Waals surface area contributed by atoms with Crippen molar-refractivity contribution in [3.8, 4) is 6.07 Å². The van der Waals surface area contributed by atoms with Gasteiger partial charge in [0.1, 0.15) is 16.2 Å². The number of anilines is 1. The highest BCUT2D eigenvalue weighted by atomic mass is 35.5. The number of nitrogens with zero attached hydrogens (tertiary/aromatic N) is 2. The van der Waals surface area contributed by atoms with E-state index in [1.54, 1.807) is 6.92 Å². The molecule has 0 fully saturated rings. The van der Waals surface area contributed by atoms with Gasteiger partial charge in [-0.15, -0.1) is 11.3 Å². The highest BCUT2D eigenvalue weighted by Crippen LogP contribution is 2.37. The molecule has 0 aromatic carbocycles. The predicted octanol–water partition coefficient (Wildman–Crippen LogP) is 4.01. The van der Waals surface area contributed by atoms with Gasteiger partial charge in [0.2, 0.25) is 0 Å². The molecule has 0 saturated heterocycles. The molecule has 1 aromatic rings. The fourth-order valence-corrected chi connectivity index (χ4v) is 3.30. The van der Waals surface area contributed by atoms with Crippen molar-refractivity contribution in [2.45, 2.75) is 39.0 Å². The Morgan fingerprint density at radius 2 is 2.30 bits per heavy atom. The second-order valence-electron chi connectivity index (χ2n) is 4.35. The van der Waals surface area contributed by atoms with Gasteiger partial charge in [0.15, 0.2) is 0 Å². The molecule has 1 amide bonds. The first kappa shape index (κ1) is 14.8. The SMILES string of the molecule is CC/C(Cl)=N/OC(=O)Nc1sc2c(c1C#N)CCCC2. The quantitative estimate of drug-likeness (QED) is 0.520. The maximum atomic E-state index is 11.6. The molecule has 1 aromatic heterocycles. The first-order valence-electron chi connectivity index (χ1n) is 6.40. The topological polar surface area (TPSA) is 74.5 Å². The van der Waals surface area contributed by atoms with E-state index in [1.165, 1.54) is 16.2 Å². The lowest BCUT2D eigenvalue weighted by Gasteiger charge is -2.09. The van der Waals surface area contributed by atoms with Crippen molar-refractivity contribution < 1.29 is 9.63 Å². The summed E-state index contributed by atoms with van der Waals surface area (Å²) in [5.74, 6) is 0. The zero-order valence-electron chi connectivity index (χ0n) is 11.0. The van der Waals surface area contributed by atoms with Crippen molar-refractivity contribution in [3.05, 3.63) is 16.0 Å². The third kappa shape index (κ3) is 3.30. The minimum Gasteiger partial charge on any atom is -0.297 e. The minimum atomic E-state index is -0.730. The number of hydrogen-bond acceptors (Lipinski definition) is 5. The largest absolute Gasteiger partial charge is 0.438 e. The molecule has 5 nitrogen and oxygen atoms in total. The fourth-order valence-electron chi connectivity index (χ4n) is 2.04. The number of amides is 1. The zero-order valence-corrected chi connectivity index (χ0v) is 12.6. The number of carbonyl (C=O) groups is 1. The van der Waals surface area contributed by atoms with E-state index in [2.05, 4.69) is 21.4 Å². The first-order valence-corrected chi connectivity index (χ1v) is 7.60. The lowest BCUT2D eigenvalue weighted by atomic mass is 9.96. The van der Waals surface area contributed by atoms with Gasteiger partial charge in [0.25, 0.3) is 0 Å². The van der Waals surface area contributed by atoms with Gasteiger partial charge in [0.05, 0.1) is 5.56 Å². The molecule has 0 unspecified atom stereocenters. The van der Waals surface area contributed by atoms with Crippen LogP contribution in [-0.2, 0) is 17.7 Å². The third-order valence-corrected chi connectivity index (χ3v) is 4.56. The summed E-state index contributed by atoms with van der Waals surface area (Å²) in [4.78, 5) is 17.4. The Kier molecular flexibility index (Phi) is 4.99. The molecule has 1 aliphatic carbocycles. The van der Waals surface area contributed by atoms with Gasteiger partial charge < -0.3 is 0 Å². The van der Waals surface area contributed by atoms with Gasteiger partial charge in [-0.2, -0.15) is 5.26 Å². The second-order valence-corrected chi connectivity index (χ2v) is 5.89. The van der Waals surface area contributed by atoms with Crippen molar-refractivity contribution in [2.75, 3.05) is 5.32 Å². The highest BCUT2D eigenvalue weighted by molar-refractivity contribution is 7.16. The molecule has 0 spiro atoms. The van der Waals surface area contributed by atoms with Gasteiger partial charge in [-0.1, -0.05) is 23.7 Å². The van der Waals surface area contributed by atoms with Crippen LogP contribution in [0.15, 0.2) is 5.16 Å². The number of aryl methyl sites for hydroxylation is 1. The van der Waals surface area contributed by atoms with Crippen LogP contribution in [0.4, 0.5) is 9.80 Å². The number of halogens is 1. The van der Waals surface area contributed by atoms with Crippen molar-refractivity contribution >= 4 is 39.2 Å². The Labute approximate surface area is 126 Å². The third-order valence-electron chi connectivity index (χ3n) is 3.02. The Bertz CT molecular complexity index is 589. The van der Waals surface area contributed by atoms with Gasteiger partial charge in [0, 0.05) is 11.3 Å². The number of rotatable bonds is 3. The molecule has 0 aliphatic heterocycles. The van der Waals surface area contributed by atoms with Crippen LogP contribution in [0.1, 0.15) is 42.2 Å². The Balaban J connectivity index is 2.12. The molecule has 0 radical (unpaired) electrons. The fraction of sp³-hybridized carbons (Fsp3) is 0.462. The van der Waals surface area contributed by atoms with Crippen LogP contribution in [0.2, 0.25) is 0 Å². The van der Waals surface area contributed by atoms with Crippen molar-refractivity contribution in [1.82, 2.24) is 0 Å². The Morgan fingerprint density at radius 3 is 3.00 bits per heavy atom. The highest BCUT2D eigenvalue weighted by Gasteiger charge is 2.22. The van der Waals surface area contributed by atoms with E-state index in [9.17, 15) is 10.1 Å². The lowest BCUT2D eigenvalue weighted by molar-refractivity contribution is 0.166. The lowest BCUT2D eigenvalue weighted by Crippen LogP contribution is -2.11. The molecular formula is C13H14ClN3O2S. The van der Waals surface area contributed by atoms with E-state index in [1.807, 2.05) is 0 Å². The Morgan fingerprint density at radius 1 is 1.55 bits per heavy atom. The summed E-state index contributed by atoms with van der Waals surface area (Å²) >= 11 is 7.09. The monoisotopic (exact) mass is 311 g/mol. The summed E-state index contributed by atoms with van der Waals surface area (Å²) in [6, 6.07) is 2.16. The van der Waals surface area contributed by atoms with Gasteiger partial charge in [-0.3, -0.25) is 10.2 Å². The first-order chi connectivity index (χ1) is 9.65. The normalized spacial score (nSPS) is 14.3. The van der Waals surface area contributed by atoms with Gasteiger partial charge >= 0.3 is 6.09 Å². The van der Waals surface area contributed by atoms with Crippen LogP contribution in [0.25, 0.3) is 0 Å². The van der Waals surface area contributed by atoms with E-state index >= 15 is 0 Å². The number of oxime groups is 1. The average Bonchev–Trinajstić information content (AvgIpc) is 2.81. The second kappa shape index (κ2) is 6.73. The number of nitrogens with one attached hydrogen (secondary N) is 1. The standard InChI is InChI=1S/C13H14ClN3O2S/c1-2-11(14)17-19-13(18)16-12-9(7-15)8-5-3-4-6-10(8)20-12/h2-6H2,1H3,(H,16,18)/b17-11-. The maximum Gasteiger partial charge on any atom is 0.438 e. The molecule has 1 N–H and O–H groups in total. The van der Waals surface area contributed by atoms with Crippen LogP contribution < -0.4 is 5.32 Å². The molecule has 0 atom stereocenters. The van der Waals surface area contributed by atoms with Crippen molar-refractivity contribution in [3.63, 3.8) is 0 Å². The summed E-state index contributed by atoms with van der Waals surface area (Å²) < 4.78 is 0. The summed E-state index contributed by atoms with van der Waals surface area (Å²) in [5.41, 5.74) is 1.61. The number of thiophene rings is 1. The number of carbonyl (C=O) groups excluding carboxylic acids is 1. The molecule has 2 rings (SSSR count). The van der Waals surface area contributed by atoms with Gasteiger partial charge in [-0.25, -0.2) is 4.79 Å². The van der Waals surface area contributed by atoms with E-state index in [0.29, 0.717) is 17.0 Å². The maximum absolute atomic E-state index is 11.6. The molecule has 0 bridgehead atoms. The van der Waals surface area contributed by atoms with Crippen LogP contribution in [0, 0.1) is 11.3 Å². The molecule has 1 aliphatic rings. The van der Waals surface area contributed by atoms with E-state index in [0.717, 1.165) is 31.2 Å². The number of fused-ring (bicyclic) bond motifs is 1. The molecular weight excluding hydrogens is 298 g/mol. The van der Waals surface area contributed by atoms with Crippen LogP contribution in [0.3, 0.4) is 0 Å². The molecule has 1 heterocycles. The molecule has 20 heavy (non-hydrogen) atoms.